The van der Waals surface area contributed by atoms with E-state index >= 15 is 0 Å². The Balaban J connectivity index is 0.00000261. The van der Waals surface area contributed by atoms with Crippen LogP contribution in [-0.2, 0) is 20.1 Å². The number of hydrogen-bond acceptors (Lipinski definition) is 4. The van der Waals surface area contributed by atoms with Crippen LogP contribution in [-0.4, -0.2) is 51.3 Å². The highest BCUT2D eigenvalue weighted by Gasteiger charge is 2.24. The SMILES string of the molecule is CCNC(=NCc1nncn1C)NCC1CCCN1Cc1ccccc1.I. The fourth-order valence-corrected chi connectivity index (χ4v) is 3.31. The third-order valence-electron chi connectivity index (χ3n) is 4.76. The van der Waals surface area contributed by atoms with Gasteiger partial charge in [-0.05, 0) is 31.9 Å². The molecule has 0 radical (unpaired) electrons. The number of rotatable bonds is 7. The number of aromatic nitrogens is 3. The lowest BCUT2D eigenvalue weighted by molar-refractivity contribution is 0.245. The lowest BCUT2D eigenvalue weighted by Crippen LogP contribution is -2.44. The van der Waals surface area contributed by atoms with Crippen LogP contribution in [0.4, 0.5) is 0 Å². The molecule has 1 aromatic heterocycles. The highest BCUT2D eigenvalue weighted by Crippen LogP contribution is 2.19. The molecule has 8 heteroatoms. The minimum Gasteiger partial charge on any atom is -0.357 e. The number of nitrogens with zero attached hydrogens (tertiary/aromatic N) is 5. The van der Waals surface area contributed by atoms with Crippen molar-refractivity contribution in [3.05, 3.63) is 48.0 Å². The summed E-state index contributed by atoms with van der Waals surface area (Å²) < 4.78 is 1.89. The van der Waals surface area contributed by atoms with Crippen molar-refractivity contribution in [2.45, 2.75) is 38.9 Å². The van der Waals surface area contributed by atoms with Crippen LogP contribution in [0, 0.1) is 0 Å². The van der Waals surface area contributed by atoms with Gasteiger partial charge in [0.1, 0.15) is 12.9 Å². The Morgan fingerprint density at radius 2 is 2.07 bits per heavy atom. The summed E-state index contributed by atoms with van der Waals surface area (Å²) in [7, 11) is 1.94. The van der Waals surface area contributed by atoms with E-state index < -0.39 is 0 Å². The Labute approximate surface area is 178 Å². The zero-order chi connectivity index (χ0) is 18.2. The van der Waals surface area contributed by atoms with E-state index in [1.807, 2.05) is 11.6 Å². The van der Waals surface area contributed by atoms with Gasteiger partial charge in [-0.2, -0.15) is 0 Å². The van der Waals surface area contributed by atoms with E-state index in [0.29, 0.717) is 12.6 Å². The molecule has 0 spiro atoms. The zero-order valence-electron chi connectivity index (χ0n) is 16.1. The van der Waals surface area contributed by atoms with Crippen LogP contribution in [0.3, 0.4) is 0 Å². The van der Waals surface area contributed by atoms with Gasteiger partial charge < -0.3 is 15.2 Å². The molecule has 0 saturated carbocycles. The van der Waals surface area contributed by atoms with Gasteiger partial charge in [-0.25, -0.2) is 4.99 Å². The number of hydrogen-bond donors (Lipinski definition) is 2. The summed E-state index contributed by atoms with van der Waals surface area (Å²) in [5.41, 5.74) is 1.38. The molecule has 2 aromatic rings. The molecule has 1 unspecified atom stereocenters. The molecule has 1 aromatic carbocycles. The summed E-state index contributed by atoms with van der Waals surface area (Å²) in [6.45, 7) is 6.51. The van der Waals surface area contributed by atoms with E-state index in [9.17, 15) is 0 Å². The number of likely N-dealkylation sites (tertiary alicyclic amines) is 1. The quantitative estimate of drug-likeness (QED) is 0.359. The van der Waals surface area contributed by atoms with E-state index in [1.165, 1.54) is 18.4 Å². The normalized spacial score (nSPS) is 17.6. The molecular weight excluding hydrogens is 453 g/mol. The van der Waals surface area contributed by atoms with Crippen molar-refractivity contribution in [2.24, 2.45) is 12.0 Å². The molecule has 2 N–H and O–H groups in total. The first-order valence-corrected chi connectivity index (χ1v) is 9.39. The third-order valence-corrected chi connectivity index (χ3v) is 4.76. The average molecular weight is 483 g/mol. The van der Waals surface area contributed by atoms with Crippen molar-refractivity contribution in [3.63, 3.8) is 0 Å². The Kier molecular flexibility index (Phi) is 8.99. The van der Waals surface area contributed by atoms with Crippen molar-refractivity contribution in [3.8, 4) is 0 Å². The Bertz CT molecular complexity index is 701. The van der Waals surface area contributed by atoms with Gasteiger partial charge >= 0.3 is 0 Å². The Morgan fingerprint density at radius 1 is 1.26 bits per heavy atom. The first kappa shape index (κ1) is 21.6. The van der Waals surface area contributed by atoms with Gasteiger partial charge in [0.05, 0.1) is 0 Å². The Hall–Kier alpha value is -1.68. The summed E-state index contributed by atoms with van der Waals surface area (Å²) in [5.74, 6) is 1.69. The average Bonchev–Trinajstić information content (AvgIpc) is 3.27. The maximum Gasteiger partial charge on any atom is 0.191 e. The number of aryl methyl sites for hydroxylation is 1. The standard InChI is InChI=1S/C19H29N7.HI/c1-3-20-19(22-13-18-24-23-15-25(18)2)21-12-17-10-7-11-26(17)14-16-8-5-4-6-9-16;/h4-6,8-9,15,17H,3,7,10-14H2,1-2H3,(H2,20,21,22);1H. The molecule has 7 nitrogen and oxygen atoms in total. The van der Waals surface area contributed by atoms with Gasteiger partial charge in [-0.1, -0.05) is 30.3 Å². The molecule has 0 amide bonds. The van der Waals surface area contributed by atoms with Crippen LogP contribution in [0.25, 0.3) is 0 Å². The van der Waals surface area contributed by atoms with Crippen molar-refractivity contribution in [2.75, 3.05) is 19.6 Å². The van der Waals surface area contributed by atoms with Crippen molar-refractivity contribution in [1.29, 1.82) is 0 Å². The highest BCUT2D eigenvalue weighted by atomic mass is 127. The predicted octanol–water partition coefficient (Wildman–Crippen LogP) is 2.15. The fourth-order valence-electron chi connectivity index (χ4n) is 3.31. The van der Waals surface area contributed by atoms with E-state index in [1.54, 1.807) is 6.33 Å². The fraction of sp³-hybridized carbons (Fsp3) is 0.526. The van der Waals surface area contributed by atoms with Crippen LogP contribution < -0.4 is 10.6 Å². The molecule has 0 bridgehead atoms. The maximum atomic E-state index is 4.64. The predicted molar refractivity (Wildman–Crippen MR) is 119 cm³/mol. The second-order valence-electron chi connectivity index (χ2n) is 6.69. The first-order valence-electron chi connectivity index (χ1n) is 9.39. The van der Waals surface area contributed by atoms with E-state index in [0.717, 1.165) is 38.0 Å². The van der Waals surface area contributed by atoms with Gasteiger partial charge in [-0.3, -0.25) is 4.90 Å². The molecule has 1 saturated heterocycles. The van der Waals surface area contributed by atoms with Crippen molar-refractivity contribution in [1.82, 2.24) is 30.3 Å². The van der Waals surface area contributed by atoms with Crippen LogP contribution >= 0.6 is 24.0 Å². The zero-order valence-corrected chi connectivity index (χ0v) is 18.5. The molecule has 148 valence electrons. The van der Waals surface area contributed by atoms with E-state index in [4.69, 9.17) is 0 Å². The van der Waals surface area contributed by atoms with E-state index in [-0.39, 0.29) is 24.0 Å². The lowest BCUT2D eigenvalue weighted by Gasteiger charge is -2.25. The number of benzene rings is 1. The number of aliphatic imine (C=N–C) groups is 1. The molecule has 0 aliphatic carbocycles. The minimum atomic E-state index is 0. The number of nitrogens with one attached hydrogen (secondary N) is 2. The van der Waals surface area contributed by atoms with Gasteiger partial charge in [0.15, 0.2) is 11.8 Å². The summed E-state index contributed by atoms with van der Waals surface area (Å²) in [6.07, 6.45) is 4.18. The van der Waals surface area contributed by atoms with Crippen molar-refractivity contribution >= 4 is 29.9 Å². The molecule has 27 heavy (non-hydrogen) atoms. The maximum absolute atomic E-state index is 4.64. The monoisotopic (exact) mass is 483 g/mol. The first-order chi connectivity index (χ1) is 12.8. The second kappa shape index (κ2) is 11.2. The number of guanidine groups is 1. The van der Waals surface area contributed by atoms with Gasteiger partial charge in [0, 0.05) is 32.7 Å². The third kappa shape index (κ3) is 6.46. The molecular formula is C19H30IN7. The van der Waals surface area contributed by atoms with Crippen LogP contribution in [0.2, 0.25) is 0 Å². The van der Waals surface area contributed by atoms with Crippen LogP contribution in [0.15, 0.2) is 41.7 Å². The Morgan fingerprint density at radius 3 is 2.78 bits per heavy atom. The number of halogens is 1. The van der Waals surface area contributed by atoms with Gasteiger partial charge in [0.25, 0.3) is 0 Å². The van der Waals surface area contributed by atoms with Gasteiger partial charge in [-0.15, -0.1) is 34.2 Å². The summed E-state index contributed by atoms with van der Waals surface area (Å²) in [4.78, 5) is 7.20. The highest BCUT2D eigenvalue weighted by molar-refractivity contribution is 14.0. The molecule has 3 rings (SSSR count). The minimum absolute atomic E-state index is 0. The largest absolute Gasteiger partial charge is 0.357 e. The summed E-state index contributed by atoms with van der Waals surface area (Å²) >= 11 is 0. The van der Waals surface area contributed by atoms with Crippen LogP contribution in [0.1, 0.15) is 31.2 Å². The lowest BCUT2D eigenvalue weighted by atomic mass is 10.2. The molecule has 1 aliphatic heterocycles. The molecule has 1 aliphatic rings. The summed E-state index contributed by atoms with van der Waals surface area (Å²) in [5, 5.41) is 14.8. The van der Waals surface area contributed by atoms with E-state index in [2.05, 4.69) is 68.0 Å². The molecule has 1 atom stereocenters. The molecule has 1 fully saturated rings. The molecule has 2 heterocycles. The topological polar surface area (TPSA) is 70.4 Å². The van der Waals surface area contributed by atoms with Crippen molar-refractivity contribution < 1.29 is 0 Å². The summed E-state index contributed by atoms with van der Waals surface area (Å²) in [6, 6.07) is 11.2. The van der Waals surface area contributed by atoms with Gasteiger partial charge in [0.2, 0.25) is 0 Å². The smallest absolute Gasteiger partial charge is 0.191 e. The second-order valence-corrected chi connectivity index (χ2v) is 6.69. The van der Waals surface area contributed by atoms with Crippen LogP contribution in [0.5, 0.6) is 0 Å².